The van der Waals surface area contributed by atoms with Gasteiger partial charge in [-0.25, -0.2) is 4.79 Å². The van der Waals surface area contributed by atoms with Crippen LogP contribution in [0.5, 0.6) is 0 Å². The molecule has 0 saturated heterocycles. The second-order valence-corrected chi connectivity index (χ2v) is 18.8. The van der Waals surface area contributed by atoms with Gasteiger partial charge < -0.3 is 19.3 Å². The molecule has 4 rings (SSSR count). The third-order valence-electron chi connectivity index (χ3n) is 8.54. The van der Waals surface area contributed by atoms with Crippen LogP contribution in [-0.4, -0.2) is 92.4 Å². The van der Waals surface area contributed by atoms with Crippen molar-refractivity contribution in [2.45, 2.75) is 57.8 Å². The summed E-state index contributed by atoms with van der Waals surface area (Å²) in [6, 6.07) is 19.8. The fourth-order valence-electron chi connectivity index (χ4n) is 6.22. The minimum Gasteiger partial charge on any atom is -0.465 e. The van der Waals surface area contributed by atoms with E-state index in [4.69, 9.17) is 8.61 Å². The average Bonchev–Trinajstić information content (AvgIpc) is 3.41. The lowest BCUT2D eigenvalue weighted by Crippen LogP contribution is -2.68. The summed E-state index contributed by atoms with van der Waals surface area (Å²) in [4.78, 5) is 28.4. The van der Waals surface area contributed by atoms with Crippen LogP contribution in [0.2, 0.25) is 5.04 Å². The number of aromatic amines is 1. The third kappa shape index (κ3) is 7.43. The molecule has 3 atom stereocenters. The van der Waals surface area contributed by atoms with E-state index in [1.807, 2.05) is 36.4 Å². The van der Waals surface area contributed by atoms with Crippen LogP contribution in [0.3, 0.4) is 0 Å². The van der Waals surface area contributed by atoms with Crippen LogP contribution in [-0.2, 0) is 31.7 Å². The molecule has 13 heteroatoms. The number of H-pyrrole nitrogens is 1. The highest BCUT2D eigenvalue weighted by Gasteiger charge is 2.52. The van der Waals surface area contributed by atoms with Gasteiger partial charge in [-0.15, -0.1) is 6.58 Å². The van der Waals surface area contributed by atoms with E-state index in [2.05, 4.69) is 61.8 Å². The number of hydrogen-bond acceptors (Lipinski definition) is 7. The highest BCUT2D eigenvalue weighted by Crippen LogP contribution is 2.38. The van der Waals surface area contributed by atoms with E-state index in [9.17, 15) is 23.1 Å². The molecular formula is C33H44N4O7SSi. The van der Waals surface area contributed by atoms with Gasteiger partial charge in [0.15, 0.2) is 5.69 Å². The number of aromatic nitrogens is 2. The van der Waals surface area contributed by atoms with Crippen molar-refractivity contribution in [3.8, 4) is 0 Å². The van der Waals surface area contributed by atoms with Crippen LogP contribution in [0.25, 0.3) is 0 Å². The fraction of sp³-hybridized carbons (Fsp3) is 0.424. The minimum absolute atomic E-state index is 0.0319. The molecule has 0 spiro atoms. The molecule has 0 fully saturated rings. The van der Waals surface area contributed by atoms with E-state index in [-0.39, 0.29) is 36.5 Å². The Bertz CT molecular complexity index is 1600. The first-order valence-corrected chi connectivity index (χ1v) is 18.9. The summed E-state index contributed by atoms with van der Waals surface area (Å²) in [7, 11) is -5.34. The maximum absolute atomic E-state index is 13.8. The lowest BCUT2D eigenvalue weighted by Gasteiger charge is -2.46. The number of carbonyl (C=O) groups excluding carboxylic acids is 1. The Morgan fingerprint density at radius 1 is 1.15 bits per heavy atom. The standard InChI is InChI=1S/C33H44N4O7SSi/c1-8-29(44-46(33(3,4)5,25-15-11-9-12-16-25)26-17-13-10-14-18-26)24(22-43-45(7,41)42)20-36(6)31(38)30-27-21-37(32(39)40)23(2)19-28(27)34-35-30/h8-18,23-24,29H,1,19-22H2,2-7H3,(H,34,35)(H,39,40)/t23-,24+,29-/m1/s1. The number of fused-ring (bicyclic) bond motifs is 1. The number of benzene rings is 2. The van der Waals surface area contributed by atoms with E-state index in [0.29, 0.717) is 12.0 Å². The molecule has 1 aromatic heterocycles. The van der Waals surface area contributed by atoms with E-state index in [1.165, 1.54) is 9.80 Å². The van der Waals surface area contributed by atoms with Crippen LogP contribution < -0.4 is 10.4 Å². The van der Waals surface area contributed by atoms with Crippen molar-refractivity contribution in [1.29, 1.82) is 0 Å². The van der Waals surface area contributed by atoms with Gasteiger partial charge in [0, 0.05) is 43.2 Å². The first-order valence-electron chi connectivity index (χ1n) is 15.2. The van der Waals surface area contributed by atoms with Crippen molar-refractivity contribution in [2.24, 2.45) is 5.92 Å². The Kier molecular flexibility index (Phi) is 10.6. The number of amides is 2. The summed E-state index contributed by atoms with van der Waals surface area (Å²) in [5, 5.41) is 18.6. The molecule has 1 aliphatic heterocycles. The molecule has 0 aliphatic carbocycles. The normalized spacial score (nSPS) is 16.7. The molecule has 0 saturated carbocycles. The van der Waals surface area contributed by atoms with Crippen LogP contribution in [0.4, 0.5) is 4.79 Å². The Hall–Kier alpha value is -3.78. The molecule has 248 valence electrons. The molecule has 11 nitrogen and oxygen atoms in total. The van der Waals surface area contributed by atoms with Crippen LogP contribution in [0, 0.1) is 5.92 Å². The molecule has 1 aliphatic rings. The lowest BCUT2D eigenvalue weighted by molar-refractivity contribution is 0.0646. The summed E-state index contributed by atoms with van der Waals surface area (Å²) in [6.07, 6.45) is 1.24. The summed E-state index contributed by atoms with van der Waals surface area (Å²) in [5.41, 5.74) is 1.38. The zero-order valence-electron chi connectivity index (χ0n) is 27.3. The number of carbonyl (C=O) groups is 2. The average molecular weight is 669 g/mol. The monoisotopic (exact) mass is 668 g/mol. The Morgan fingerprint density at radius 2 is 1.72 bits per heavy atom. The molecule has 0 bridgehead atoms. The molecular weight excluding hydrogens is 625 g/mol. The van der Waals surface area contributed by atoms with Crippen molar-refractivity contribution in [3.63, 3.8) is 0 Å². The second kappa shape index (κ2) is 13.9. The van der Waals surface area contributed by atoms with Crippen LogP contribution in [0.1, 0.15) is 49.4 Å². The van der Waals surface area contributed by atoms with Crippen molar-refractivity contribution in [2.75, 3.05) is 26.5 Å². The Morgan fingerprint density at radius 3 is 2.20 bits per heavy atom. The van der Waals surface area contributed by atoms with Crippen molar-refractivity contribution in [3.05, 3.63) is 90.3 Å². The zero-order chi connectivity index (χ0) is 33.9. The largest absolute Gasteiger partial charge is 0.465 e. The summed E-state index contributed by atoms with van der Waals surface area (Å²) in [6.45, 7) is 12.1. The Labute approximate surface area is 272 Å². The maximum Gasteiger partial charge on any atom is 0.407 e. The smallest absolute Gasteiger partial charge is 0.407 e. The molecule has 46 heavy (non-hydrogen) atoms. The zero-order valence-corrected chi connectivity index (χ0v) is 29.1. The molecule has 2 amide bonds. The van der Waals surface area contributed by atoms with Gasteiger partial charge in [-0.3, -0.25) is 14.1 Å². The highest BCUT2D eigenvalue weighted by molar-refractivity contribution is 7.85. The summed E-state index contributed by atoms with van der Waals surface area (Å²) < 4.78 is 37.0. The third-order valence-corrected chi connectivity index (χ3v) is 14.1. The quantitative estimate of drug-likeness (QED) is 0.169. The van der Waals surface area contributed by atoms with Gasteiger partial charge in [0.1, 0.15) is 0 Å². The maximum atomic E-state index is 13.8. The highest BCUT2D eigenvalue weighted by atomic mass is 32.2. The van der Waals surface area contributed by atoms with Gasteiger partial charge in [0.25, 0.3) is 24.3 Å². The lowest BCUT2D eigenvalue weighted by atomic mass is 9.99. The molecule has 2 N–H and O–H groups in total. The SMILES string of the molecule is C=C[C@@H](O[Si](c1ccccc1)(c1ccccc1)C(C)(C)C)[C@H](COS(C)(=O)=O)CN(C)C(=O)c1n[nH]c2c1CN(C(=O)O)[C@H](C)C2. The first kappa shape index (κ1) is 35.1. The molecule has 0 radical (unpaired) electrons. The topological polar surface area (TPSA) is 142 Å². The van der Waals surface area contributed by atoms with E-state index >= 15 is 0 Å². The minimum atomic E-state index is -3.83. The van der Waals surface area contributed by atoms with Crippen LogP contribution in [0.15, 0.2) is 73.3 Å². The molecule has 2 aromatic carbocycles. The fourth-order valence-corrected chi connectivity index (χ4v) is 11.3. The van der Waals surface area contributed by atoms with Crippen molar-refractivity contribution in [1.82, 2.24) is 20.0 Å². The van der Waals surface area contributed by atoms with Gasteiger partial charge in [-0.1, -0.05) is 87.5 Å². The number of nitrogens with zero attached hydrogens (tertiary/aromatic N) is 3. The summed E-state index contributed by atoms with van der Waals surface area (Å²) >= 11 is 0. The number of carboxylic acid groups (broad SMARTS) is 1. The Balaban J connectivity index is 1.72. The molecule has 0 unspecified atom stereocenters. The van der Waals surface area contributed by atoms with Crippen molar-refractivity contribution < 1.29 is 31.7 Å². The van der Waals surface area contributed by atoms with E-state index in [1.54, 1.807) is 20.0 Å². The summed E-state index contributed by atoms with van der Waals surface area (Å²) in [5.74, 6) is -1.08. The van der Waals surface area contributed by atoms with Crippen LogP contribution >= 0.6 is 0 Å². The predicted molar refractivity (Wildman–Crippen MR) is 179 cm³/mol. The predicted octanol–water partition coefficient (Wildman–Crippen LogP) is 3.63. The van der Waals surface area contributed by atoms with Gasteiger partial charge in [0.05, 0.1) is 25.5 Å². The van der Waals surface area contributed by atoms with Gasteiger partial charge in [0.2, 0.25) is 0 Å². The second-order valence-electron chi connectivity index (χ2n) is 12.9. The van der Waals surface area contributed by atoms with E-state index in [0.717, 1.165) is 22.3 Å². The molecule has 2 heterocycles. The first-order chi connectivity index (χ1) is 21.6. The number of hydrogen-bond donors (Lipinski definition) is 2. The van der Waals surface area contributed by atoms with Gasteiger partial charge in [-0.2, -0.15) is 13.5 Å². The number of nitrogens with one attached hydrogen (secondary N) is 1. The molecule has 3 aromatic rings. The van der Waals surface area contributed by atoms with Gasteiger partial charge >= 0.3 is 6.09 Å². The van der Waals surface area contributed by atoms with Gasteiger partial charge in [-0.05, 0) is 22.3 Å². The van der Waals surface area contributed by atoms with E-state index < -0.39 is 42.5 Å². The van der Waals surface area contributed by atoms with Crippen molar-refractivity contribution >= 4 is 40.8 Å². The number of rotatable bonds is 12.